The fourth-order valence-electron chi connectivity index (χ4n) is 1.74. The number of aryl methyl sites for hydroxylation is 1. The number of carbonyl (C=O) groups is 1. The maximum absolute atomic E-state index is 12.2. The quantitative estimate of drug-likeness (QED) is 0.600. The third-order valence-electron chi connectivity index (χ3n) is 2.66. The first kappa shape index (κ1) is 13.6. The molecular weight excluding hydrogens is 306 g/mol. The molecule has 0 bridgehead atoms. The number of carbonyl (C=O) groups excluding carboxylic acids is 1. The molecule has 0 saturated carbocycles. The molecule has 1 amide bonds. The van der Waals surface area contributed by atoms with Crippen LogP contribution in [-0.2, 0) is 0 Å². The van der Waals surface area contributed by atoms with E-state index in [0.29, 0.717) is 11.3 Å². The minimum Gasteiger partial charge on any atom is -0.323 e. The maximum Gasteiger partial charge on any atom is 0.257 e. The fourth-order valence-corrected chi connectivity index (χ4v) is 2.14. The third kappa shape index (κ3) is 3.33. The van der Waals surface area contributed by atoms with Gasteiger partial charge in [-0.05, 0) is 42.8 Å². The zero-order valence-electron chi connectivity index (χ0n) is 10.4. The molecule has 5 heteroatoms. The van der Waals surface area contributed by atoms with Crippen LogP contribution in [0.4, 0.5) is 11.4 Å². The van der Waals surface area contributed by atoms with Crippen molar-refractivity contribution in [2.45, 2.75) is 6.92 Å². The minimum absolute atomic E-state index is 0.203. The van der Waals surface area contributed by atoms with Crippen molar-refractivity contribution in [2.75, 3.05) is 10.7 Å². The first-order chi connectivity index (χ1) is 9.10. The van der Waals surface area contributed by atoms with Crippen molar-refractivity contribution in [3.05, 3.63) is 58.1 Å². The van der Waals surface area contributed by atoms with E-state index in [1.165, 1.54) is 0 Å². The van der Waals surface area contributed by atoms with Gasteiger partial charge >= 0.3 is 0 Å². The number of nitrogen functional groups attached to an aromatic ring is 1. The Kier molecular flexibility index (Phi) is 4.19. The molecule has 0 atom stereocenters. The molecule has 2 rings (SSSR count). The van der Waals surface area contributed by atoms with Crippen LogP contribution >= 0.6 is 15.9 Å². The van der Waals surface area contributed by atoms with Gasteiger partial charge in [0.15, 0.2) is 0 Å². The molecular formula is C14H14BrN3O. The fraction of sp³-hybridized carbons (Fsp3) is 0.0714. The van der Waals surface area contributed by atoms with E-state index in [2.05, 4.69) is 26.7 Å². The number of nitrogens with two attached hydrogens (primary N) is 1. The van der Waals surface area contributed by atoms with E-state index in [4.69, 9.17) is 5.84 Å². The van der Waals surface area contributed by atoms with Gasteiger partial charge in [0, 0.05) is 10.2 Å². The van der Waals surface area contributed by atoms with Crippen molar-refractivity contribution in [1.29, 1.82) is 0 Å². The largest absolute Gasteiger partial charge is 0.323 e. The van der Waals surface area contributed by atoms with Crippen molar-refractivity contribution in [3.8, 4) is 0 Å². The second kappa shape index (κ2) is 5.86. The van der Waals surface area contributed by atoms with Gasteiger partial charge in [-0.1, -0.05) is 28.1 Å². The lowest BCUT2D eigenvalue weighted by Crippen LogP contribution is -2.17. The smallest absolute Gasteiger partial charge is 0.257 e. The molecule has 0 saturated heterocycles. The second-order valence-electron chi connectivity index (χ2n) is 4.16. The van der Waals surface area contributed by atoms with Gasteiger partial charge in [0.05, 0.1) is 11.3 Å². The Labute approximate surface area is 120 Å². The number of halogens is 1. The number of benzene rings is 2. The molecule has 0 aliphatic carbocycles. The number of hydrogen-bond acceptors (Lipinski definition) is 3. The highest BCUT2D eigenvalue weighted by Crippen LogP contribution is 2.20. The molecule has 4 N–H and O–H groups in total. The SMILES string of the molecule is Cc1ccc(C(=O)Nc2cccc(Br)c2)c(NN)c1. The Balaban J connectivity index is 2.25. The number of rotatable bonds is 3. The standard InChI is InChI=1S/C14H14BrN3O/c1-9-5-6-12(13(7-9)18-16)14(19)17-11-4-2-3-10(15)8-11/h2-8,18H,16H2,1H3,(H,17,19). The number of hydrogen-bond donors (Lipinski definition) is 3. The summed E-state index contributed by atoms with van der Waals surface area (Å²) in [5.74, 6) is 5.23. The average Bonchev–Trinajstić information content (AvgIpc) is 2.38. The highest BCUT2D eigenvalue weighted by molar-refractivity contribution is 9.10. The summed E-state index contributed by atoms with van der Waals surface area (Å²) < 4.78 is 0.909. The topological polar surface area (TPSA) is 67.2 Å². The molecule has 19 heavy (non-hydrogen) atoms. The summed E-state index contributed by atoms with van der Waals surface area (Å²) in [5, 5.41) is 2.83. The van der Waals surface area contributed by atoms with Gasteiger partial charge in [0.25, 0.3) is 5.91 Å². The highest BCUT2D eigenvalue weighted by Gasteiger charge is 2.11. The Hall–Kier alpha value is -1.85. The van der Waals surface area contributed by atoms with E-state index in [-0.39, 0.29) is 5.91 Å². The van der Waals surface area contributed by atoms with E-state index in [1.54, 1.807) is 6.07 Å². The second-order valence-corrected chi connectivity index (χ2v) is 5.07. The lowest BCUT2D eigenvalue weighted by molar-refractivity contribution is 0.102. The highest BCUT2D eigenvalue weighted by atomic mass is 79.9. The van der Waals surface area contributed by atoms with E-state index < -0.39 is 0 Å². The summed E-state index contributed by atoms with van der Waals surface area (Å²) in [5.41, 5.74) is 5.42. The molecule has 0 heterocycles. The van der Waals surface area contributed by atoms with Crippen molar-refractivity contribution in [1.82, 2.24) is 0 Å². The predicted octanol–water partition coefficient (Wildman–Crippen LogP) is 3.30. The van der Waals surface area contributed by atoms with Gasteiger partial charge in [0.1, 0.15) is 0 Å². The zero-order valence-corrected chi connectivity index (χ0v) is 12.0. The van der Waals surface area contributed by atoms with Crippen molar-refractivity contribution in [2.24, 2.45) is 5.84 Å². The van der Waals surface area contributed by atoms with Crippen LogP contribution in [0.3, 0.4) is 0 Å². The summed E-state index contributed by atoms with van der Waals surface area (Å²) in [6.45, 7) is 1.94. The number of nitrogens with one attached hydrogen (secondary N) is 2. The lowest BCUT2D eigenvalue weighted by Gasteiger charge is -2.10. The summed E-state index contributed by atoms with van der Waals surface area (Å²) >= 11 is 3.36. The van der Waals surface area contributed by atoms with Crippen LogP contribution in [0.2, 0.25) is 0 Å². The Bertz CT molecular complexity index is 613. The average molecular weight is 320 g/mol. The van der Waals surface area contributed by atoms with E-state index in [1.807, 2.05) is 43.3 Å². The van der Waals surface area contributed by atoms with Crippen LogP contribution in [0.5, 0.6) is 0 Å². The molecule has 0 aromatic heterocycles. The molecule has 98 valence electrons. The van der Waals surface area contributed by atoms with E-state index in [9.17, 15) is 4.79 Å². The molecule has 0 aliphatic heterocycles. The molecule has 0 spiro atoms. The Morgan fingerprint density at radius 3 is 2.68 bits per heavy atom. The van der Waals surface area contributed by atoms with Crippen LogP contribution in [0.25, 0.3) is 0 Å². The van der Waals surface area contributed by atoms with E-state index >= 15 is 0 Å². The molecule has 0 radical (unpaired) electrons. The summed E-state index contributed by atoms with van der Waals surface area (Å²) in [7, 11) is 0. The number of amides is 1. The molecule has 4 nitrogen and oxygen atoms in total. The van der Waals surface area contributed by atoms with Crippen LogP contribution < -0.4 is 16.6 Å². The molecule has 2 aromatic rings. The van der Waals surface area contributed by atoms with Crippen LogP contribution in [0, 0.1) is 6.92 Å². The van der Waals surface area contributed by atoms with Crippen molar-refractivity contribution < 1.29 is 4.79 Å². The normalized spacial score (nSPS) is 10.1. The van der Waals surface area contributed by atoms with Crippen molar-refractivity contribution >= 4 is 33.2 Å². The van der Waals surface area contributed by atoms with Gasteiger partial charge in [-0.3, -0.25) is 10.6 Å². The number of anilines is 2. The Morgan fingerprint density at radius 1 is 1.21 bits per heavy atom. The van der Waals surface area contributed by atoms with Gasteiger partial charge in [-0.25, -0.2) is 0 Å². The van der Waals surface area contributed by atoms with E-state index in [0.717, 1.165) is 15.7 Å². The van der Waals surface area contributed by atoms with Crippen LogP contribution in [0.1, 0.15) is 15.9 Å². The Morgan fingerprint density at radius 2 is 2.00 bits per heavy atom. The summed E-state index contributed by atoms with van der Waals surface area (Å²) in [4.78, 5) is 12.2. The van der Waals surface area contributed by atoms with Crippen molar-refractivity contribution in [3.63, 3.8) is 0 Å². The minimum atomic E-state index is -0.203. The van der Waals surface area contributed by atoms with Gasteiger partial charge in [0.2, 0.25) is 0 Å². The number of hydrazine groups is 1. The molecule has 0 unspecified atom stereocenters. The first-order valence-electron chi connectivity index (χ1n) is 5.74. The zero-order chi connectivity index (χ0) is 13.8. The summed E-state index contributed by atoms with van der Waals surface area (Å²) in [6.07, 6.45) is 0. The molecule has 0 aliphatic rings. The first-order valence-corrected chi connectivity index (χ1v) is 6.53. The maximum atomic E-state index is 12.2. The lowest BCUT2D eigenvalue weighted by atomic mass is 10.1. The third-order valence-corrected chi connectivity index (χ3v) is 3.15. The summed E-state index contributed by atoms with van der Waals surface area (Å²) in [6, 6.07) is 12.9. The van der Waals surface area contributed by atoms with Crippen LogP contribution in [-0.4, -0.2) is 5.91 Å². The predicted molar refractivity (Wildman–Crippen MR) is 81.1 cm³/mol. The molecule has 0 fully saturated rings. The molecule has 2 aromatic carbocycles. The van der Waals surface area contributed by atoms with Gasteiger partial charge in [-0.2, -0.15) is 0 Å². The van der Waals surface area contributed by atoms with Crippen LogP contribution in [0.15, 0.2) is 46.9 Å². The van der Waals surface area contributed by atoms with Gasteiger partial charge in [-0.15, -0.1) is 0 Å². The monoisotopic (exact) mass is 319 g/mol. The van der Waals surface area contributed by atoms with Gasteiger partial charge < -0.3 is 10.7 Å².